The van der Waals surface area contributed by atoms with Crippen molar-refractivity contribution >= 4 is 18.3 Å². The van der Waals surface area contributed by atoms with Crippen LogP contribution in [0.4, 0.5) is 0 Å². The molecule has 0 bridgehead atoms. The molecule has 0 spiro atoms. The van der Waals surface area contributed by atoms with Gasteiger partial charge in [-0.25, -0.2) is 0 Å². The number of rotatable bonds is 3. The fourth-order valence-electron chi connectivity index (χ4n) is 3.06. The van der Waals surface area contributed by atoms with Gasteiger partial charge >= 0.3 is 0 Å². The standard InChI is InChI=1S/C13H24N2O2.ClH/c14-13(7-2-1-3-8-13)12(17)15-9-10-5-4-6-11(10)16;/h10-11,16H,1-9,14H2,(H,15,17);1H. The molecule has 0 aromatic heterocycles. The quantitative estimate of drug-likeness (QED) is 0.728. The Kier molecular flexibility index (Phi) is 5.89. The van der Waals surface area contributed by atoms with Gasteiger partial charge in [-0.3, -0.25) is 4.79 Å². The molecule has 0 aromatic carbocycles. The zero-order valence-corrected chi connectivity index (χ0v) is 11.7. The van der Waals surface area contributed by atoms with Gasteiger partial charge in [0.15, 0.2) is 0 Å². The van der Waals surface area contributed by atoms with E-state index in [0.717, 1.165) is 44.9 Å². The van der Waals surface area contributed by atoms with Gasteiger partial charge in [0, 0.05) is 12.5 Å². The fourth-order valence-corrected chi connectivity index (χ4v) is 3.06. The third kappa shape index (κ3) is 3.59. The van der Waals surface area contributed by atoms with Crippen LogP contribution in [0.2, 0.25) is 0 Å². The topological polar surface area (TPSA) is 75.4 Å². The Labute approximate surface area is 115 Å². The second-order valence-electron chi connectivity index (χ2n) is 5.69. The van der Waals surface area contributed by atoms with Gasteiger partial charge in [0.25, 0.3) is 0 Å². The van der Waals surface area contributed by atoms with Crippen molar-refractivity contribution in [2.24, 2.45) is 11.7 Å². The van der Waals surface area contributed by atoms with Crippen molar-refractivity contribution in [1.82, 2.24) is 5.32 Å². The van der Waals surface area contributed by atoms with Crippen molar-refractivity contribution in [3.05, 3.63) is 0 Å². The first-order valence-electron chi connectivity index (χ1n) is 6.87. The number of aliphatic hydroxyl groups excluding tert-OH is 1. The SMILES string of the molecule is Cl.NC1(C(=O)NCC2CCCC2O)CCCCC1. The number of nitrogens with two attached hydrogens (primary N) is 1. The molecule has 2 saturated carbocycles. The van der Waals surface area contributed by atoms with Crippen LogP contribution in [0.25, 0.3) is 0 Å². The molecule has 0 aromatic rings. The molecule has 1 amide bonds. The third-order valence-electron chi connectivity index (χ3n) is 4.34. The van der Waals surface area contributed by atoms with E-state index in [0.29, 0.717) is 6.54 Å². The van der Waals surface area contributed by atoms with Gasteiger partial charge in [0.1, 0.15) is 0 Å². The molecule has 2 aliphatic carbocycles. The first-order valence-corrected chi connectivity index (χ1v) is 6.87. The lowest BCUT2D eigenvalue weighted by molar-refractivity contribution is -0.127. The summed E-state index contributed by atoms with van der Waals surface area (Å²) in [6.45, 7) is 0.582. The maximum Gasteiger partial charge on any atom is 0.240 e. The Balaban J connectivity index is 0.00000162. The molecule has 0 saturated heterocycles. The molecule has 106 valence electrons. The molecule has 2 atom stereocenters. The van der Waals surface area contributed by atoms with Crippen molar-refractivity contribution in [1.29, 1.82) is 0 Å². The van der Waals surface area contributed by atoms with Crippen molar-refractivity contribution in [2.75, 3.05) is 6.54 Å². The highest BCUT2D eigenvalue weighted by Gasteiger charge is 2.36. The lowest BCUT2D eigenvalue weighted by atomic mass is 9.82. The van der Waals surface area contributed by atoms with Crippen LogP contribution in [0, 0.1) is 5.92 Å². The summed E-state index contributed by atoms with van der Waals surface area (Å²) >= 11 is 0. The van der Waals surface area contributed by atoms with Crippen LogP contribution in [0.1, 0.15) is 51.4 Å². The maximum atomic E-state index is 12.1. The zero-order valence-electron chi connectivity index (χ0n) is 10.9. The maximum absolute atomic E-state index is 12.1. The fraction of sp³-hybridized carbons (Fsp3) is 0.923. The van der Waals surface area contributed by atoms with E-state index >= 15 is 0 Å². The summed E-state index contributed by atoms with van der Waals surface area (Å²) < 4.78 is 0. The third-order valence-corrected chi connectivity index (χ3v) is 4.34. The van der Waals surface area contributed by atoms with Crippen LogP contribution in [0.3, 0.4) is 0 Å². The Hall–Kier alpha value is -0.320. The molecule has 18 heavy (non-hydrogen) atoms. The second-order valence-corrected chi connectivity index (χ2v) is 5.69. The molecule has 2 fully saturated rings. The molecule has 4 nitrogen and oxygen atoms in total. The average molecular weight is 277 g/mol. The molecular weight excluding hydrogens is 252 g/mol. The number of amides is 1. The highest BCUT2D eigenvalue weighted by molar-refractivity contribution is 5.86. The summed E-state index contributed by atoms with van der Waals surface area (Å²) in [5, 5.41) is 12.6. The Morgan fingerprint density at radius 3 is 2.44 bits per heavy atom. The number of halogens is 1. The second kappa shape index (κ2) is 6.73. The van der Waals surface area contributed by atoms with Gasteiger partial charge in [-0.1, -0.05) is 25.7 Å². The first kappa shape index (κ1) is 15.7. The normalized spacial score (nSPS) is 30.6. The van der Waals surface area contributed by atoms with Gasteiger partial charge in [-0.05, 0) is 25.7 Å². The molecule has 2 unspecified atom stereocenters. The minimum Gasteiger partial charge on any atom is -0.393 e. The number of nitrogens with one attached hydrogen (secondary N) is 1. The van der Waals surface area contributed by atoms with Gasteiger partial charge in [0.2, 0.25) is 5.91 Å². The highest BCUT2D eigenvalue weighted by atomic mass is 35.5. The van der Waals surface area contributed by atoms with Crippen LogP contribution in [0.5, 0.6) is 0 Å². The van der Waals surface area contributed by atoms with E-state index in [4.69, 9.17) is 5.73 Å². The molecule has 2 aliphatic rings. The van der Waals surface area contributed by atoms with Crippen LogP contribution < -0.4 is 11.1 Å². The average Bonchev–Trinajstić information content (AvgIpc) is 2.73. The summed E-state index contributed by atoms with van der Waals surface area (Å²) in [4.78, 5) is 12.1. The van der Waals surface area contributed by atoms with Gasteiger partial charge in [-0.15, -0.1) is 12.4 Å². The van der Waals surface area contributed by atoms with E-state index in [1.807, 2.05) is 0 Å². The highest BCUT2D eigenvalue weighted by Crippen LogP contribution is 2.27. The van der Waals surface area contributed by atoms with Crippen molar-refractivity contribution < 1.29 is 9.90 Å². The Bertz CT molecular complexity index is 280. The van der Waals surface area contributed by atoms with Crippen LogP contribution in [-0.2, 0) is 4.79 Å². The molecule has 5 heteroatoms. The Morgan fingerprint density at radius 2 is 1.89 bits per heavy atom. The number of carbonyl (C=O) groups is 1. The number of carbonyl (C=O) groups excluding carboxylic acids is 1. The van der Waals surface area contributed by atoms with Gasteiger partial charge < -0.3 is 16.2 Å². The predicted molar refractivity (Wildman–Crippen MR) is 73.6 cm³/mol. The summed E-state index contributed by atoms with van der Waals surface area (Å²) in [6, 6.07) is 0. The van der Waals surface area contributed by atoms with Gasteiger partial charge in [-0.2, -0.15) is 0 Å². The van der Waals surface area contributed by atoms with Gasteiger partial charge in [0.05, 0.1) is 11.6 Å². The monoisotopic (exact) mass is 276 g/mol. The molecular formula is C13H25ClN2O2. The van der Waals surface area contributed by atoms with Crippen molar-refractivity contribution in [3.63, 3.8) is 0 Å². The Morgan fingerprint density at radius 1 is 1.22 bits per heavy atom. The van der Waals surface area contributed by atoms with E-state index in [-0.39, 0.29) is 30.3 Å². The van der Waals surface area contributed by atoms with E-state index in [9.17, 15) is 9.90 Å². The molecule has 0 aliphatic heterocycles. The zero-order chi connectivity index (χ0) is 12.3. The largest absolute Gasteiger partial charge is 0.393 e. The summed E-state index contributed by atoms with van der Waals surface area (Å²) in [5.41, 5.74) is 5.50. The lowest BCUT2D eigenvalue weighted by Gasteiger charge is -2.32. The molecule has 2 rings (SSSR count). The number of hydrogen-bond donors (Lipinski definition) is 3. The van der Waals surface area contributed by atoms with E-state index < -0.39 is 5.54 Å². The molecule has 0 heterocycles. The summed E-state index contributed by atoms with van der Waals surface area (Å²) in [7, 11) is 0. The summed E-state index contributed by atoms with van der Waals surface area (Å²) in [5.74, 6) is 0.211. The predicted octanol–water partition coefficient (Wildman–Crippen LogP) is 1.35. The smallest absolute Gasteiger partial charge is 0.240 e. The molecule has 0 radical (unpaired) electrons. The first-order chi connectivity index (χ1) is 8.12. The lowest BCUT2D eigenvalue weighted by Crippen LogP contribution is -2.55. The minimum absolute atomic E-state index is 0. The van der Waals surface area contributed by atoms with E-state index in [1.54, 1.807) is 0 Å². The summed E-state index contributed by atoms with van der Waals surface area (Å²) in [6.07, 6.45) is 7.59. The number of aliphatic hydroxyl groups is 1. The van der Waals surface area contributed by atoms with Crippen LogP contribution >= 0.6 is 12.4 Å². The van der Waals surface area contributed by atoms with Crippen LogP contribution in [0.15, 0.2) is 0 Å². The minimum atomic E-state index is -0.651. The number of hydrogen-bond acceptors (Lipinski definition) is 3. The van der Waals surface area contributed by atoms with E-state index in [1.165, 1.54) is 6.42 Å². The van der Waals surface area contributed by atoms with Crippen molar-refractivity contribution in [2.45, 2.75) is 63.0 Å². The van der Waals surface area contributed by atoms with Crippen LogP contribution in [-0.4, -0.2) is 29.2 Å². The van der Waals surface area contributed by atoms with E-state index in [2.05, 4.69) is 5.32 Å². The van der Waals surface area contributed by atoms with Crippen molar-refractivity contribution in [3.8, 4) is 0 Å². The molecule has 4 N–H and O–H groups in total.